The molecule has 2 amide bonds. The Morgan fingerprint density at radius 1 is 1.09 bits per heavy atom. The summed E-state index contributed by atoms with van der Waals surface area (Å²) in [6, 6.07) is 6.05. The number of anilines is 2. The Balaban J connectivity index is 1.58. The predicted molar refractivity (Wildman–Crippen MR) is 146 cm³/mol. The standard InChI is InChI=1S/C28H40N4O2S/c1-18-7-10-22(19(2)15-18)29-26(34)25-21-9-8-20(28(3,4)5)16-23(21)35-27(25)30-24(33)17-32-13-11-31(6)12-14-32/h7,10,15,20H,8-9,11-14,16-17H2,1-6H3,(H,29,34)(H,30,33). The van der Waals surface area contributed by atoms with Crippen molar-refractivity contribution < 1.29 is 9.59 Å². The van der Waals surface area contributed by atoms with E-state index in [9.17, 15) is 9.59 Å². The van der Waals surface area contributed by atoms with E-state index in [4.69, 9.17) is 0 Å². The highest BCUT2D eigenvalue weighted by atomic mass is 32.1. The fourth-order valence-electron chi connectivity index (χ4n) is 5.17. The highest BCUT2D eigenvalue weighted by Crippen LogP contribution is 2.44. The van der Waals surface area contributed by atoms with Gasteiger partial charge in [0.25, 0.3) is 5.91 Å². The lowest BCUT2D eigenvalue weighted by Crippen LogP contribution is -2.47. The van der Waals surface area contributed by atoms with Crippen LogP contribution in [0.4, 0.5) is 10.7 Å². The molecule has 1 fully saturated rings. The minimum absolute atomic E-state index is 0.0407. The van der Waals surface area contributed by atoms with Crippen LogP contribution in [0.25, 0.3) is 0 Å². The molecule has 35 heavy (non-hydrogen) atoms. The number of hydrogen-bond donors (Lipinski definition) is 2. The van der Waals surface area contributed by atoms with E-state index in [1.165, 1.54) is 10.4 Å². The summed E-state index contributed by atoms with van der Waals surface area (Å²) >= 11 is 1.60. The molecule has 1 unspecified atom stereocenters. The number of rotatable bonds is 5. The van der Waals surface area contributed by atoms with Crippen LogP contribution in [-0.4, -0.2) is 61.4 Å². The summed E-state index contributed by atoms with van der Waals surface area (Å²) in [5.74, 6) is 0.400. The second kappa shape index (κ2) is 10.4. The molecule has 2 aromatic rings. The lowest BCUT2D eigenvalue weighted by molar-refractivity contribution is -0.117. The quantitative estimate of drug-likeness (QED) is 0.615. The van der Waals surface area contributed by atoms with E-state index >= 15 is 0 Å². The molecule has 4 rings (SSSR count). The van der Waals surface area contributed by atoms with E-state index in [1.54, 1.807) is 11.3 Å². The van der Waals surface area contributed by atoms with Gasteiger partial charge in [-0.2, -0.15) is 0 Å². The van der Waals surface area contributed by atoms with E-state index in [0.29, 0.717) is 23.0 Å². The zero-order chi connectivity index (χ0) is 25.3. The third-order valence-electron chi connectivity index (χ3n) is 7.56. The molecule has 1 atom stereocenters. The fourth-order valence-corrected chi connectivity index (χ4v) is 6.51. The number of hydrogen-bond acceptors (Lipinski definition) is 5. The van der Waals surface area contributed by atoms with Gasteiger partial charge in [0.05, 0.1) is 12.1 Å². The summed E-state index contributed by atoms with van der Waals surface area (Å²) in [6.07, 6.45) is 2.89. The average molecular weight is 497 g/mol. The Hall–Kier alpha value is -2.22. The zero-order valence-electron chi connectivity index (χ0n) is 22.1. The molecule has 190 valence electrons. The van der Waals surface area contributed by atoms with Crippen molar-refractivity contribution in [2.24, 2.45) is 11.3 Å². The van der Waals surface area contributed by atoms with Gasteiger partial charge >= 0.3 is 0 Å². The van der Waals surface area contributed by atoms with Crippen LogP contribution in [0.3, 0.4) is 0 Å². The molecule has 2 heterocycles. The number of nitrogens with one attached hydrogen (secondary N) is 2. The second-order valence-corrected chi connectivity index (χ2v) is 12.5. The van der Waals surface area contributed by atoms with Crippen LogP contribution in [0.2, 0.25) is 0 Å². The Kier molecular flexibility index (Phi) is 7.69. The highest BCUT2D eigenvalue weighted by molar-refractivity contribution is 7.17. The number of carbonyl (C=O) groups excluding carboxylic acids is 2. The summed E-state index contributed by atoms with van der Waals surface area (Å²) < 4.78 is 0. The second-order valence-electron chi connectivity index (χ2n) is 11.4. The number of fused-ring (bicyclic) bond motifs is 1. The molecule has 2 aliphatic rings. The van der Waals surface area contributed by atoms with Crippen LogP contribution in [0.5, 0.6) is 0 Å². The van der Waals surface area contributed by atoms with Crippen LogP contribution >= 0.6 is 11.3 Å². The minimum atomic E-state index is -0.126. The van der Waals surface area contributed by atoms with Gasteiger partial charge in [0.1, 0.15) is 5.00 Å². The van der Waals surface area contributed by atoms with Crippen molar-refractivity contribution in [3.63, 3.8) is 0 Å². The first-order valence-electron chi connectivity index (χ1n) is 12.7. The van der Waals surface area contributed by atoms with Gasteiger partial charge < -0.3 is 15.5 Å². The van der Waals surface area contributed by atoms with Crippen molar-refractivity contribution in [1.82, 2.24) is 9.80 Å². The van der Waals surface area contributed by atoms with E-state index < -0.39 is 0 Å². The van der Waals surface area contributed by atoms with Gasteiger partial charge in [-0.25, -0.2) is 0 Å². The number of piperazine rings is 1. The van der Waals surface area contributed by atoms with Crippen molar-refractivity contribution >= 4 is 33.8 Å². The highest BCUT2D eigenvalue weighted by Gasteiger charge is 2.34. The molecule has 6 nitrogen and oxygen atoms in total. The third kappa shape index (κ3) is 6.13. The maximum atomic E-state index is 13.6. The molecule has 7 heteroatoms. The van der Waals surface area contributed by atoms with Gasteiger partial charge in [-0.15, -0.1) is 11.3 Å². The Morgan fingerprint density at radius 2 is 1.80 bits per heavy atom. The molecular formula is C28H40N4O2S. The lowest BCUT2D eigenvalue weighted by Gasteiger charge is -2.33. The number of thiophene rings is 1. The molecule has 1 aliphatic heterocycles. The van der Waals surface area contributed by atoms with Crippen LogP contribution in [0.15, 0.2) is 18.2 Å². The van der Waals surface area contributed by atoms with Gasteiger partial charge in [0.2, 0.25) is 5.91 Å². The smallest absolute Gasteiger partial charge is 0.258 e. The first-order valence-corrected chi connectivity index (χ1v) is 13.6. The van der Waals surface area contributed by atoms with Gasteiger partial charge in [0, 0.05) is 36.7 Å². The summed E-state index contributed by atoms with van der Waals surface area (Å²) in [5.41, 5.74) is 5.01. The monoisotopic (exact) mass is 496 g/mol. The van der Waals surface area contributed by atoms with Crippen molar-refractivity contribution in [3.05, 3.63) is 45.3 Å². The zero-order valence-corrected chi connectivity index (χ0v) is 22.9. The molecule has 1 aromatic carbocycles. The first kappa shape index (κ1) is 25.9. The molecule has 1 saturated heterocycles. The van der Waals surface area contributed by atoms with Crippen LogP contribution in [-0.2, 0) is 17.6 Å². The van der Waals surface area contributed by atoms with Gasteiger partial charge in [-0.05, 0) is 68.7 Å². The summed E-state index contributed by atoms with van der Waals surface area (Å²) in [7, 11) is 2.11. The average Bonchev–Trinajstić information content (AvgIpc) is 3.13. The maximum absolute atomic E-state index is 13.6. The minimum Gasteiger partial charge on any atom is -0.322 e. The number of aryl methyl sites for hydroxylation is 2. The van der Waals surface area contributed by atoms with Crippen LogP contribution < -0.4 is 10.6 Å². The van der Waals surface area contributed by atoms with E-state index in [-0.39, 0.29) is 17.2 Å². The van der Waals surface area contributed by atoms with Crippen LogP contribution in [0, 0.1) is 25.2 Å². The predicted octanol–water partition coefficient (Wildman–Crippen LogP) is 4.95. The topological polar surface area (TPSA) is 64.7 Å². The summed E-state index contributed by atoms with van der Waals surface area (Å²) in [4.78, 5) is 32.4. The SMILES string of the molecule is Cc1ccc(NC(=O)c2c(NC(=O)CN3CCN(C)CC3)sc3c2CCC(C(C)(C)C)C3)c(C)c1. The molecule has 1 aromatic heterocycles. The number of amides is 2. The van der Waals surface area contributed by atoms with Gasteiger partial charge in [0.15, 0.2) is 0 Å². The van der Waals surface area contributed by atoms with Crippen molar-refractivity contribution in [3.8, 4) is 0 Å². The van der Waals surface area contributed by atoms with Crippen molar-refractivity contribution in [2.45, 2.75) is 53.9 Å². The molecule has 0 spiro atoms. The van der Waals surface area contributed by atoms with E-state index in [2.05, 4.69) is 54.3 Å². The number of nitrogens with zero attached hydrogens (tertiary/aromatic N) is 2. The number of likely N-dealkylation sites (N-methyl/N-ethyl adjacent to an activating group) is 1. The van der Waals surface area contributed by atoms with E-state index in [0.717, 1.165) is 62.3 Å². The van der Waals surface area contributed by atoms with Crippen molar-refractivity contribution in [1.29, 1.82) is 0 Å². The van der Waals surface area contributed by atoms with Gasteiger partial charge in [-0.3, -0.25) is 14.5 Å². The largest absolute Gasteiger partial charge is 0.322 e. The number of carbonyl (C=O) groups is 2. The van der Waals surface area contributed by atoms with Crippen molar-refractivity contribution in [2.75, 3.05) is 50.4 Å². The first-order chi connectivity index (χ1) is 16.5. The molecule has 1 aliphatic carbocycles. The molecule has 2 N–H and O–H groups in total. The lowest BCUT2D eigenvalue weighted by atomic mass is 9.72. The number of benzene rings is 1. The Morgan fingerprint density at radius 3 is 2.46 bits per heavy atom. The van der Waals surface area contributed by atoms with Crippen LogP contribution in [0.1, 0.15) is 59.1 Å². The Bertz CT molecular complexity index is 1090. The summed E-state index contributed by atoms with van der Waals surface area (Å²) in [5, 5.41) is 6.97. The Labute approximate surface area is 214 Å². The van der Waals surface area contributed by atoms with E-state index in [1.807, 2.05) is 26.0 Å². The summed E-state index contributed by atoms with van der Waals surface area (Å²) in [6.45, 7) is 15.0. The molecule has 0 bridgehead atoms. The normalized spacial score (nSPS) is 19.3. The molecule has 0 radical (unpaired) electrons. The molecule has 0 saturated carbocycles. The maximum Gasteiger partial charge on any atom is 0.258 e. The molecular weight excluding hydrogens is 456 g/mol. The van der Waals surface area contributed by atoms with Gasteiger partial charge in [-0.1, -0.05) is 38.5 Å². The third-order valence-corrected chi connectivity index (χ3v) is 8.73. The fraction of sp³-hybridized carbons (Fsp3) is 0.571.